The van der Waals surface area contributed by atoms with Crippen LogP contribution in [-0.4, -0.2) is 62.5 Å². The minimum atomic E-state index is -1.31. The van der Waals surface area contributed by atoms with Crippen LogP contribution in [0.2, 0.25) is 0 Å². The first-order chi connectivity index (χ1) is 13.7. The molecule has 1 saturated heterocycles. The molecule has 0 aliphatic carbocycles. The number of carboxylic acid groups (broad SMARTS) is 1. The highest BCUT2D eigenvalue weighted by Gasteiger charge is 2.54. The van der Waals surface area contributed by atoms with E-state index in [1.54, 1.807) is 5.38 Å². The maximum absolute atomic E-state index is 12.6. The van der Waals surface area contributed by atoms with E-state index in [1.807, 2.05) is 0 Å². The van der Waals surface area contributed by atoms with E-state index in [0.29, 0.717) is 5.57 Å². The fourth-order valence-corrected chi connectivity index (χ4v) is 4.94. The number of carboxylic acids is 1. The smallest absolute Gasteiger partial charge is 0.352 e. The fraction of sp³-hybridized carbons (Fsp3) is 0.312. The summed E-state index contributed by atoms with van der Waals surface area (Å²) in [6.45, 7) is 0.986. The predicted molar refractivity (Wildman–Crippen MR) is 107 cm³/mol. The second kappa shape index (κ2) is 8.43. The van der Waals surface area contributed by atoms with Crippen molar-refractivity contribution in [1.29, 1.82) is 0 Å². The molecule has 4 N–H and O–H groups in total. The number of nitrogens with one attached hydrogen (secondary N) is 1. The minimum absolute atomic E-state index is 0.0382. The first-order valence-electron chi connectivity index (χ1n) is 8.10. The minimum Gasteiger partial charge on any atom is -0.477 e. The molecular weight excluding hydrogens is 444 g/mol. The van der Waals surface area contributed by atoms with Gasteiger partial charge < -0.3 is 20.9 Å². The van der Waals surface area contributed by atoms with Gasteiger partial charge in [-0.25, -0.2) is 9.78 Å². The number of anilines is 1. The lowest BCUT2D eigenvalue weighted by Crippen LogP contribution is -2.70. The number of hydrogen-bond donors (Lipinski definition) is 3. The number of thioether (sulfide) groups is 1. The number of aromatic nitrogens is 1. The average molecular weight is 459 g/mol. The van der Waals surface area contributed by atoms with Crippen LogP contribution in [0, 0.1) is 0 Å². The Balaban J connectivity index is 1.76. The van der Waals surface area contributed by atoms with Gasteiger partial charge in [-0.2, -0.15) is 0 Å². The molecule has 0 bridgehead atoms. The number of nitrogen functional groups attached to an aromatic ring is 1. The molecule has 2 aliphatic rings. The van der Waals surface area contributed by atoms with E-state index < -0.39 is 35.2 Å². The zero-order valence-electron chi connectivity index (χ0n) is 14.9. The molecule has 2 amide bonds. The number of fused-ring (bicyclic) bond motifs is 1. The highest BCUT2D eigenvalue weighted by Crippen LogP contribution is 2.40. The number of nitrogens with two attached hydrogens (primary N) is 1. The Morgan fingerprint density at radius 3 is 2.79 bits per heavy atom. The van der Waals surface area contributed by atoms with E-state index >= 15 is 0 Å². The zero-order valence-corrected chi connectivity index (χ0v) is 17.3. The van der Waals surface area contributed by atoms with Crippen molar-refractivity contribution in [2.75, 3.05) is 18.1 Å². The van der Waals surface area contributed by atoms with Gasteiger partial charge in [-0.05, 0) is 0 Å². The molecule has 1 fully saturated rings. The number of halogens is 1. The van der Waals surface area contributed by atoms with Crippen LogP contribution in [0.1, 0.15) is 12.6 Å². The third-order valence-corrected chi connectivity index (χ3v) is 6.37. The summed E-state index contributed by atoms with van der Waals surface area (Å²) in [5.41, 5.74) is 7.00. The first kappa shape index (κ1) is 21.1. The Labute approximate surface area is 177 Å². The van der Waals surface area contributed by atoms with E-state index in [0.717, 1.165) is 21.8 Å². The number of rotatable bonds is 6. The number of aliphatic carboxylic acids is 1. The van der Waals surface area contributed by atoms with Crippen molar-refractivity contribution in [1.82, 2.24) is 15.2 Å². The molecule has 0 radical (unpaired) electrons. The fourth-order valence-electron chi connectivity index (χ4n) is 2.84. The van der Waals surface area contributed by atoms with Crippen LogP contribution in [0.4, 0.5) is 5.13 Å². The summed E-state index contributed by atoms with van der Waals surface area (Å²) < 4.78 is 4.87. The van der Waals surface area contributed by atoms with E-state index in [4.69, 9.17) is 22.1 Å². The number of hydrogen-bond acceptors (Lipinski definition) is 9. The molecule has 0 spiro atoms. The quantitative estimate of drug-likeness (QED) is 0.316. The summed E-state index contributed by atoms with van der Waals surface area (Å²) in [6, 6.07) is -0.931. The molecule has 2 aliphatic heterocycles. The summed E-state index contributed by atoms with van der Waals surface area (Å²) in [5, 5.41) is 13.3. The third kappa shape index (κ3) is 4.09. The molecule has 1 aromatic heterocycles. The molecular formula is C16H15ClN4O6S2. The largest absolute Gasteiger partial charge is 0.477 e. The van der Waals surface area contributed by atoms with Crippen molar-refractivity contribution >= 4 is 69.2 Å². The number of esters is 1. The monoisotopic (exact) mass is 458 g/mol. The summed E-state index contributed by atoms with van der Waals surface area (Å²) in [6.07, 6.45) is 0. The predicted octanol–water partition coefficient (Wildman–Crippen LogP) is 0.607. The average Bonchev–Trinajstić information content (AvgIpc) is 3.09. The molecule has 13 heteroatoms. The van der Waals surface area contributed by atoms with Crippen molar-refractivity contribution in [3.63, 3.8) is 0 Å². The zero-order chi connectivity index (χ0) is 21.3. The summed E-state index contributed by atoms with van der Waals surface area (Å²) in [4.78, 5) is 52.9. The maximum atomic E-state index is 12.6. The van der Waals surface area contributed by atoms with E-state index in [9.17, 15) is 24.3 Å². The van der Waals surface area contributed by atoms with Crippen LogP contribution < -0.4 is 11.1 Å². The maximum Gasteiger partial charge on any atom is 0.352 e. The Morgan fingerprint density at radius 1 is 1.52 bits per heavy atom. The van der Waals surface area contributed by atoms with Crippen molar-refractivity contribution in [2.24, 2.45) is 0 Å². The molecule has 0 saturated carbocycles. The Kier molecular flexibility index (Phi) is 6.15. The Hall–Kier alpha value is -2.57. The molecule has 1 unspecified atom stereocenters. The lowest BCUT2D eigenvalue weighted by molar-refractivity contribution is -0.150. The number of carbonyl (C=O) groups is 4. The van der Waals surface area contributed by atoms with Crippen molar-refractivity contribution in [3.8, 4) is 0 Å². The van der Waals surface area contributed by atoms with Gasteiger partial charge >= 0.3 is 11.9 Å². The van der Waals surface area contributed by atoms with Crippen LogP contribution in [0.3, 0.4) is 0 Å². The number of thiazole rings is 1. The van der Waals surface area contributed by atoms with Crippen LogP contribution >= 0.6 is 34.7 Å². The molecule has 1 aromatic rings. The van der Waals surface area contributed by atoms with E-state index in [1.165, 1.54) is 18.7 Å². The second-order valence-corrected chi connectivity index (χ2v) is 8.21. The molecule has 0 aromatic carbocycles. The first-order valence-corrected chi connectivity index (χ1v) is 10.5. The van der Waals surface area contributed by atoms with Crippen molar-refractivity contribution < 1.29 is 29.0 Å². The van der Waals surface area contributed by atoms with Crippen LogP contribution in [-0.2, 0) is 23.9 Å². The molecule has 154 valence electrons. The topological polar surface area (TPSA) is 152 Å². The van der Waals surface area contributed by atoms with Crippen LogP contribution in [0.15, 0.2) is 22.2 Å². The van der Waals surface area contributed by atoms with Gasteiger partial charge in [-0.15, -0.1) is 23.1 Å². The summed E-state index contributed by atoms with van der Waals surface area (Å²) >= 11 is 8.14. The van der Waals surface area contributed by atoms with Gasteiger partial charge in [0.05, 0.1) is 11.3 Å². The van der Waals surface area contributed by atoms with Gasteiger partial charge in [0.2, 0.25) is 0 Å². The summed E-state index contributed by atoms with van der Waals surface area (Å²) in [5.74, 6) is -2.85. The third-order valence-electron chi connectivity index (χ3n) is 4.14. The Morgan fingerprint density at radius 2 is 2.24 bits per heavy atom. The molecule has 3 rings (SSSR count). The van der Waals surface area contributed by atoms with Crippen molar-refractivity contribution in [3.05, 3.63) is 27.9 Å². The van der Waals surface area contributed by atoms with Gasteiger partial charge in [0, 0.05) is 29.2 Å². The Bertz CT molecular complexity index is 959. The van der Waals surface area contributed by atoms with Crippen molar-refractivity contribution in [2.45, 2.75) is 18.3 Å². The van der Waals surface area contributed by atoms with E-state index in [2.05, 4.69) is 10.3 Å². The SMILES string of the molecule is CC(=O)OCC1=C(C(=O)O)N2C(=O)C(NC(=O)C(=CCl)c3csc(N)n3)[C@@H]2SC1. The lowest BCUT2D eigenvalue weighted by atomic mass is 10.0. The molecule has 2 atom stereocenters. The summed E-state index contributed by atoms with van der Waals surface area (Å²) in [7, 11) is 0. The normalized spacial score (nSPS) is 21.4. The highest BCUT2D eigenvalue weighted by atomic mass is 35.5. The molecule has 3 heterocycles. The lowest BCUT2D eigenvalue weighted by Gasteiger charge is -2.49. The number of β-lactam (4-membered cyclic amide) rings is 1. The second-order valence-electron chi connectivity index (χ2n) is 5.99. The van der Waals surface area contributed by atoms with Crippen LogP contribution in [0.25, 0.3) is 5.57 Å². The number of amides is 2. The number of carbonyl (C=O) groups excluding carboxylic acids is 3. The van der Waals surface area contributed by atoms with Crippen LogP contribution in [0.5, 0.6) is 0 Å². The van der Waals surface area contributed by atoms with Gasteiger partial charge in [0.25, 0.3) is 11.8 Å². The van der Waals surface area contributed by atoms with Gasteiger partial charge in [0.15, 0.2) is 5.13 Å². The van der Waals surface area contributed by atoms with Gasteiger partial charge in [-0.3, -0.25) is 19.3 Å². The standard InChI is InChI=1S/C16H15ClN4O6S2/c1-6(22)27-3-7-4-28-14-10(13(24)21(14)11(7)15(25)26)20-12(23)8(2-17)9-5-29-16(18)19-9/h2,5,10,14H,3-4H2,1H3,(H2,18,19)(H,20,23)(H,25,26)/t10?,14-/m0/s1. The number of nitrogens with zero attached hydrogens (tertiary/aromatic N) is 2. The number of ether oxygens (including phenoxy) is 1. The molecule has 10 nitrogen and oxygen atoms in total. The molecule has 29 heavy (non-hydrogen) atoms. The van der Waals surface area contributed by atoms with Gasteiger partial charge in [-0.1, -0.05) is 11.6 Å². The van der Waals surface area contributed by atoms with Gasteiger partial charge in [0.1, 0.15) is 23.7 Å². The highest BCUT2D eigenvalue weighted by molar-refractivity contribution is 8.00. The van der Waals surface area contributed by atoms with E-state index in [-0.39, 0.29) is 34.5 Å².